The summed E-state index contributed by atoms with van der Waals surface area (Å²) in [5.41, 5.74) is 0. The summed E-state index contributed by atoms with van der Waals surface area (Å²) in [6, 6.07) is 3.49. The van der Waals surface area contributed by atoms with Crippen LogP contribution in [0.25, 0.3) is 0 Å². The van der Waals surface area contributed by atoms with Gasteiger partial charge < -0.3 is 14.5 Å². The van der Waals surface area contributed by atoms with Gasteiger partial charge in [0.2, 0.25) is 0 Å². The molecule has 23 heavy (non-hydrogen) atoms. The number of furan rings is 1. The lowest BCUT2D eigenvalue weighted by molar-refractivity contribution is -0.486. The monoisotopic (exact) mass is 322 g/mol. The summed E-state index contributed by atoms with van der Waals surface area (Å²) in [5.74, 6) is 0.656. The lowest BCUT2D eigenvalue weighted by Gasteiger charge is -2.34. The van der Waals surface area contributed by atoms with Crippen LogP contribution < -0.4 is 5.32 Å². The molecule has 1 aromatic rings. The molecule has 124 valence electrons. The van der Waals surface area contributed by atoms with Gasteiger partial charge in [-0.25, -0.2) is 15.1 Å². The van der Waals surface area contributed by atoms with E-state index in [4.69, 9.17) is 9.15 Å². The fourth-order valence-corrected chi connectivity index (χ4v) is 2.53. The average molecular weight is 322 g/mol. The maximum absolute atomic E-state index is 10.7. The van der Waals surface area contributed by atoms with E-state index in [1.54, 1.807) is 12.1 Å². The van der Waals surface area contributed by atoms with Gasteiger partial charge in [-0.05, 0) is 25.0 Å². The third-order valence-electron chi connectivity index (χ3n) is 3.57. The predicted molar refractivity (Wildman–Crippen MR) is 81.1 cm³/mol. The molecule has 3 heterocycles. The zero-order chi connectivity index (χ0) is 16.1. The third-order valence-corrected chi connectivity index (χ3v) is 3.57. The van der Waals surface area contributed by atoms with Crippen molar-refractivity contribution in [1.82, 2.24) is 15.2 Å². The van der Waals surface area contributed by atoms with Crippen molar-refractivity contribution in [2.45, 2.75) is 18.9 Å². The topological polar surface area (TPSA) is 109 Å². The first-order valence-corrected chi connectivity index (χ1v) is 7.36. The summed E-state index contributed by atoms with van der Waals surface area (Å²) in [5, 5.41) is 21.8. The average Bonchev–Trinajstić information content (AvgIpc) is 3.20. The molecule has 0 bridgehead atoms. The van der Waals surface area contributed by atoms with Gasteiger partial charge in [-0.15, -0.1) is 0 Å². The van der Waals surface area contributed by atoms with Crippen molar-refractivity contribution in [2.75, 3.05) is 26.5 Å². The molecule has 0 aromatic carbocycles. The number of guanidine groups is 1. The highest BCUT2D eigenvalue weighted by atomic mass is 16.7. The Morgan fingerprint density at radius 1 is 1.57 bits per heavy atom. The maximum Gasteiger partial charge on any atom is 0.294 e. The van der Waals surface area contributed by atoms with Crippen LogP contribution in [0.5, 0.6) is 0 Å². The Bertz CT molecular complexity index is 581. The van der Waals surface area contributed by atoms with Crippen LogP contribution in [0.15, 0.2) is 33.0 Å². The number of hydrazone groups is 2. The Hall–Kier alpha value is -2.46. The van der Waals surface area contributed by atoms with Crippen molar-refractivity contribution in [1.29, 1.82) is 0 Å². The second-order valence-electron chi connectivity index (χ2n) is 5.29. The highest BCUT2D eigenvalue weighted by Crippen LogP contribution is 2.14. The molecule has 10 nitrogen and oxygen atoms in total. The molecule has 0 radical (unpaired) electrons. The lowest BCUT2D eigenvalue weighted by atomic mass is 10.2. The second-order valence-corrected chi connectivity index (χ2v) is 5.29. The molecule has 1 unspecified atom stereocenters. The molecule has 1 aromatic heterocycles. The van der Waals surface area contributed by atoms with Gasteiger partial charge in [-0.3, -0.25) is 4.90 Å². The Balaban J connectivity index is 1.67. The van der Waals surface area contributed by atoms with Gasteiger partial charge in [-0.1, -0.05) is 0 Å². The van der Waals surface area contributed by atoms with Crippen molar-refractivity contribution in [3.05, 3.63) is 34.3 Å². The summed E-state index contributed by atoms with van der Waals surface area (Å²) in [4.78, 5) is 12.7. The van der Waals surface area contributed by atoms with Gasteiger partial charge in [0, 0.05) is 13.2 Å². The van der Waals surface area contributed by atoms with Gasteiger partial charge in [0.1, 0.15) is 10.9 Å². The molecular formula is C13H18N6O4. The first kappa shape index (κ1) is 15.4. The Morgan fingerprint density at radius 3 is 3.17 bits per heavy atom. The summed E-state index contributed by atoms with van der Waals surface area (Å²) in [7, 11) is 0. The molecule has 2 aliphatic rings. The smallest absolute Gasteiger partial charge is 0.294 e. The summed E-state index contributed by atoms with van der Waals surface area (Å²) in [6.07, 6.45) is 5.32. The van der Waals surface area contributed by atoms with Gasteiger partial charge in [0.25, 0.3) is 5.96 Å². The van der Waals surface area contributed by atoms with E-state index in [0.717, 1.165) is 26.0 Å². The quantitative estimate of drug-likeness (QED) is 0.476. The van der Waals surface area contributed by atoms with E-state index >= 15 is 0 Å². The number of hydrogen-bond acceptors (Lipinski definition) is 6. The van der Waals surface area contributed by atoms with Crippen LogP contribution in [0.2, 0.25) is 0 Å². The van der Waals surface area contributed by atoms with Crippen LogP contribution >= 0.6 is 0 Å². The van der Waals surface area contributed by atoms with Crippen molar-refractivity contribution < 1.29 is 14.2 Å². The molecule has 2 fully saturated rings. The number of ether oxygens (including phenoxy) is 1. The second kappa shape index (κ2) is 7.20. The largest absolute Gasteiger partial charge is 0.463 e. The van der Waals surface area contributed by atoms with Gasteiger partial charge in [0.05, 0.1) is 31.9 Å². The molecule has 0 spiro atoms. The van der Waals surface area contributed by atoms with Gasteiger partial charge in [-0.2, -0.15) is 5.10 Å². The third kappa shape index (κ3) is 4.27. The van der Waals surface area contributed by atoms with Crippen LogP contribution in [0.1, 0.15) is 18.6 Å². The van der Waals surface area contributed by atoms with Gasteiger partial charge in [0.15, 0.2) is 5.03 Å². The highest BCUT2D eigenvalue weighted by Gasteiger charge is 2.27. The number of nitrogens with zero attached hydrogens (tertiary/aromatic N) is 5. The minimum Gasteiger partial charge on any atom is -0.463 e. The molecule has 0 aliphatic carbocycles. The van der Waals surface area contributed by atoms with Crippen molar-refractivity contribution >= 4 is 12.2 Å². The minimum absolute atomic E-state index is 0.0985. The molecule has 10 heteroatoms. The van der Waals surface area contributed by atoms with Crippen molar-refractivity contribution in [2.24, 2.45) is 10.2 Å². The summed E-state index contributed by atoms with van der Waals surface area (Å²) >= 11 is 0. The van der Waals surface area contributed by atoms with E-state index in [1.165, 1.54) is 17.5 Å². The minimum atomic E-state index is -0.743. The zero-order valence-corrected chi connectivity index (χ0v) is 12.5. The molecule has 2 saturated heterocycles. The van der Waals surface area contributed by atoms with E-state index in [0.29, 0.717) is 19.1 Å². The number of nitro groups is 1. The van der Waals surface area contributed by atoms with Crippen molar-refractivity contribution in [3.8, 4) is 0 Å². The fourth-order valence-electron chi connectivity index (χ4n) is 2.53. The van der Waals surface area contributed by atoms with Crippen LogP contribution in [-0.4, -0.2) is 59.7 Å². The first-order chi connectivity index (χ1) is 11.2. The Morgan fingerprint density at radius 2 is 2.48 bits per heavy atom. The number of hydrogen-bond donors (Lipinski definition) is 1. The van der Waals surface area contributed by atoms with Crippen LogP contribution in [0.3, 0.4) is 0 Å². The Labute approximate surface area is 132 Å². The molecule has 2 aliphatic heterocycles. The van der Waals surface area contributed by atoms with Gasteiger partial charge >= 0.3 is 0 Å². The maximum atomic E-state index is 10.7. The SMILES string of the molecule is O=[N+]([O-])/N=C1\NCN(CC2CCCO2)CN1/N=C/c1ccco1. The van der Waals surface area contributed by atoms with E-state index in [1.807, 2.05) is 0 Å². The number of nitrogens with one attached hydrogen (secondary N) is 1. The molecule has 0 amide bonds. The molecule has 1 atom stereocenters. The molecule has 1 N–H and O–H groups in total. The molecule has 0 saturated carbocycles. The fraction of sp³-hybridized carbons (Fsp3) is 0.538. The van der Waals surface area contributed by atoms with Crippen LogP contribution in [-0.2, 0) is 4.74 Å². The van der Waals surface area contributed by atoms with Crippen LogP contribution in [0.4, 0.5) is 0 Å². The standard InChI is InChI=1S/C13H18N6O4/c20-19(21)16-13-14-9-17(8-12-4-2-6-23-12)10-18(13)15-7-11-3-1-5-22-11/h1,3,5,7,12H,2,4,6,8-10H2,(H,14,16)/b15-7+. The lowest BCUT2D eigenvalue weighted by Crippen LogP contribution is -2.56. The Kier molecular flexibility index (Phi) is 4.83. The molecular weight excluding hydrogens is 304 g/mol. The molecule has 3 rings (SSSR count). The van der Waals surface area contributed by atoms with E-state index in [2.05, 4.69) is 20.4 Å². The zero-order valence-electron chi connectivity index (χ0n) is 12.5. The van der Waals surface area contributed by atoms with Crippen LogP contribution in [0, 0.1) is 10.1 Å². The first-order valence-electron chi connectivity index (χ1n) is 7.36. The van der Waals surface area contributed by atoms with E-state index < -0.39 is 5.03 Å². The summed E-state index contributed by atoms with van der Waals surface area (Å²) < 4.78 is 10.8. The summed E-state index contributed by atoms with van der Waals surface area (Å²) in [6.45, 7) is 2.38. The van der Waals surface area contributed by atoms with Crippen molar-refractivity contribution in [3.63, 3.8) is 0 Å². The highest BCUT2D eigenvalue weighted by molar-refractivity contribution is 5.82. The normalized spacial score (nSPS) is 24.4. The van der Waals surface area contributed by atoms with E-state index in [9.17, 15) is 10.1 Å². The predicted octanol–water partition coefficient (Wildman–Crippen LogP) is 0.462. The van der Waals surface area contributed by atoms with E-state index in [-0.39, 0.29) is 12.1 Å². The number of rotatable bonds is 5.